The molecule has 3 amide bonds. The van der Waals surface area contributed by atoms with Crippen LogP contribution in [0, 0.1) is 35.5 Å². The van der Waals surface area contributed by atoms with Gasteiger partial charge in [-0.2, -0.15) is 5.26 Å². The van der Waals surface area contributed by atoms with E-state index in [0.717, 1.165) is 15.1 Å². The van der Waals surface area contributed by atoms with Gasteiger partial charge in [-0.05, 0) is 42.9 Å². The van der Waals surface area contributed by atoms with E-state index >= 15 is 0 Å². The highest BCUT2D eigenvalue weighted by Gasteiger charge is 2.66. The Balaban J connectivity index is 1.40. The summed E-state index contributed by atoms with van der Waals surface area (Å²) < 4.78 is 0.800. The van der Waals surface area contributed by atoms with Gasteiger partial charge in [0.15, 0.2) is 0 Å². The second-order valence-corrected chi connectivity index (χ2v) is 12.2. The number of likely N-dealkylation sites (tertiary alicyclic amines) is 2. The average Bonchev–Trinajstić information content (AvgIpc) is 3.23. The monoisotopic (exact) mass is 529 g/mol. The number of β-amino-alcohol motifs (C(OH)–C–C–N with tert-alkyl or cyclic N) is 1. The zero-order valence-corrected chi connectivity index (χ0v) is 22.2. The molecule has 2 saturated heterocycles. The molecule has 6 rings (SSSR count). The average molecular weight is 530 g/mol. The van der Waals surface area contributed by atoms with Crippen LogP contribution < -0.4 is 0 Å². The van der Waals surface area contributed by atoms with Crippen molar-refractivity contribution in [2.24, 2.45) is 17.3 Å². The first-order chi connectivity index (χ1) is 18.1. The van der Waals surface area contributed by atoms with Crippen molar-refractivity contribution in [3.05, 3.63) is 46.2 Å². The number of amides is 3. The van der Waals surface area contributed by atoms with E-state index in [9.17, 15) is 24.8 Å². The molecule has 9 nitrogen and oxygen atoms in total. The maximum Gasteiger partial charge on any atom is 0.256 e. The molecule has 5 heterocycles. The largest absolute Gasteiger partial charge is 0.391 e. The third-order valence-corrected chi connectivity index (χ3v) is 9.47. The lowest BCUT2D eigenvalue weighted by Crippen LogP contribution is -2.41. The Morgan fingerprint density at radius 1 is 1.29 bits per heavy atom. The van der Waals surface area contributed by atoms with Gasteiger partial charge in [-0.3, -0.25) is 24.3 Å². The maximum absolute atomic E-state index is 13.6. The number of aliphatic hydroxyl groups excluding tert-OH is 1. The minimum absolute atomic E-state index is 0.106. The molecule has 3 fully saturated rings. The van der Waals surface area contributed by atoms with Gasteiger partial charge in [-0.15, -0.1) is 11.3 Å². The number of hydrogen-bond acceptors (Lipinski definition) is 8. The van der Waals surface area contributed by atoms with E-state index in [-0.39, 0.29) is 53.8 Å². The van der Waals surface area contributed by atoms with Crippen LogP contribution in [0.25, 0.3) is 21.3 Å². The molecule has 0 radical (unpaired) electrons. The van der Waals surface area contributed by atoms with Crippen LogP contribution in [0.15, 0.2) is 24.4 Å². The zero-order chi connectivity index (χ0) is 26.9. The predicted octanol–water partition coefficient (Wildman–Crippen LogP) is 3.28. The topological polar surface area (TPSA) is 127 Å². The molecule has 10 heteroatoms. The van der Waals surface area contributed by atoms with Crippen LogP contribution in [0.3, 0.4) is 0 Å². The Hall–Kier alpha value is -3.68. The highest BCUT2D eigenvalue weighted by Crippen LogP contribution is 2.62. The Bertz CT molecular complexity index is 1570. The summed E-state index contributed by atoms with van der Waals surface area (Å²) in [6.07, 6.45) is 2.00. The van der Waals surface area contributed by atoms with Gasteiger partial charge in [0.25, 0.3) is 5.91 Å². The second-order valence-electron chi connectivity index (χ2n) is 11.0. The quantitative estimate of drug-likeness (QED) is 0.514. The molecule has 0 aromatic carbocycles. The minimum Gasteiger partial charge on any atom is -0.391 e. The number of imide groups is 1. The molecule has 3 aromatic rings. The zero-order valence-electron chi connectivity index (χ0n) is 21.4. The van der Waals surface area contributed by atoms with Crippen LogP contribution in [-0.2, 0) is 16.1 Å². The summed E-state index contributed by atoms with van der Waals surface area (Å²) in [6.45, 7) is 6.69. The van der Waals surface area contributed by atoms with Crippen LogP contribution in [0.4, 0.5) is 0 Å². The number of fused-ring (bicyclic) bond motifs is 2. The standard InChI is InChI=1S/C28H27N5O4S/c1-14-23(26(36)32-7-5-16(34)12-32)19(8-15(11-29)31-14)18-4-6-30-21-9-17(38-25(18)21)13-33-22(35)10-20-24(27(33)37)28(20,2)3/h4,6,8-9,16,20,24,34H,5,7,10,12-13H2,1-3H3/t16-,20?,24?/m0/s1. The van der Waals surface area contributed by atoms with Crippen LogP contribution in [-0.4, -0.2) is 61.8 Å². The van der Waals surface area contributed by atoms with E-state index in [2.05, 4.69) is 16.0 Å². The number of aryl methyl sites for hydroxylation is 1. The minimum atomic E-state index is -0.557. The Labute approximate surface area is 223 Å². The summed E-state index contributed by atoms with van der Waals surface area (Å²) in [5.74, 6) is -0.460. The van der Waals surface area contributed by atoms with Gasteiger partial charge in [0, 0.05) is 47.6 Å². The first kappa shape index (κ1) is 24.6. The summed E-state index contributed by atoms with van der Waals surface area (Å²) in [5.41, 5.74) is 2.89. The number of carbonyl (C=O) groups is 3. The van der Waals surface area contributed by atoms with Gasteiger partial charge in [0.05, 0.1) is 34.1 Å². The maximum atomic E-state index is 13.6. The molecule has 194 valence electrons. The summed E-state index contributed by atoms with van der Waals surface area (Å²) in [7, 11) is 0. The first-order valence-corrected chi connectivity index (χ1v) is 13.5. The molecule has 1 aliphatic carbocycles. The van der Waals surface area contributed by atoms with Gasteiger partial charge < -0.3 is 10.0 Å². The summed E-state index contributed by atoms with van der Waals surface area (Å²) in [5, 5.41) is 19.6. The third kappa shape index (κ3) is 3.80. The number of nitriles is 1. The number of hydrogen-bond donors (Lipinski definition) is 1. The fourth-order valence-electron chi connectivity index (χ4n) is 6.10. The van der Waals surface area contributed by atoms with E-state index in [1.165, 1.54) is 16.2 Å². The molecule has 1 saturated carbocycles. The number of nitrogens with zero attached hydrogens (tertiary/aromatic N) is 5. The van der Waals surface area contributed by atoms with Crippen molar-refractivity contribution in [1.29, 1.82) is 5.26 Å². The van der Waals surface area contributed by atoms with Crippen molar-refractivity contribution in [3.63, 3.8) is 0 Å². The van der Waals surface area contributed by atoms with Gasteiger partial charge in [-0.1, -0.05) is 13.8 Å². The molecule has 3 aromatic heterocycles. The van der Waals surface area contributed by atoms with Gasteiger partial charge in [-0.25, -0.2) is 4.98 Å². The van der Waals surface area contributed by atoms with Gasteiger partial charge in [0.1, 0.15) is 11.8 Å². The molecule has 3 atom stereocenters. The fraction of sp³-hybridized carbons (Fsp3) is 0.429. The van der Waals surface area contributed by atoms with E-state index in [1.807, 2.05) is 26.0 Å². The Morgan fingerprint density at radius 2 is 2.08 bits per heavy atom. The van der Waals surface area contributed by atoms with Crippen LogP contribution in [0.2, 0.25) is 0 Å². The lowest BCUT2D eigenvalue weighted by molar-refractivity contribution is -0.149. The van der Waals surface area contributed by atoms with Gasteiger partial charge >= 0.3 is 0 Å². The van der Waals surface area contributed by atoms with E-state index in [4.69, 9.17) is 0 Å². The number of carbonyl (C=O) groups excluding carboxylic acids is 3. The number of rotatable bonds is 4. The normalized spacial score (nSPS) is 24.0. The van der Waals surface area contributed by atoms with E-state index in [1.54, 1.807) is 24.1 Å². The molecule has 1 N–H and O–H groups in total. The smallest absolute Gasteiger partial charge is 0.256 e. The van der Waals surface area contributed by atoms with E-state index in [0.29, 0.717) is 41.7 Å². The summed E-state index contributed by atoms with van der Waals surface area (Å²) >= 11 is 1.43. The van der Waals surface area contributed by atoms with Gasteiger partial charge in [0.2, 0.25) is 11.8 Å². The summed E-state index contributed by atoms with van der Waals surface area (Å²) in [4.78, 5) is 52.1. The SMILES string of the molecule is Cc1nc(C#N)cc(-c2ccnc3cc(CN4C(=O)CC5C(C4=O)C5(C)C)sc23)c1C(=O)N1CC[C@H](O)C1. The van der Waals surface area contributed by atoms with Crippen LogP contribution in [0.1, 0.15) is 53.3 Å². The van der Waals surface area contributed by atoms with Crippen LogP contribution in [0.5, 0.6) is 0 Å². The van der Waals surface area contributed by atoms with Crippen molar-refractivity contribution in [1.82, 2.24) is 19.8 Å². The molecule has 0 bridgehead atoms. The third-order valence-electron chi connectivity index (χ3n) is 8.32. The lowest BCUT2D eigenvalue weighted by Gasteiger charge is -2.23. The first-order valence-electron chi connectivity index (χ1n) is 12.7. The number of aromatic nitrogens is 2. The summed E-state index contributed by atoms with van der Waals surface area (Å²) in [6, 6.07) is 7.39. The second kappa shape index (κ2) is 8.68. The van der Waals surface area contributed by atoms with Crippen molar-refractivity contribution in [3.8, 4) is 17.2 Å². The number of thiophene rings is 1. The number of piperidine rings is 1. The highest BCUT2D eigenvalue weighted by molar-refractivity contribution is 7.19. The molecule has 2 aliphatic heterocycles. The van der Waals surface area contributed by atoms with Crippen molar-refractivity contribution < 1.29 is 19.5 Å². The van der Waals surface area contributed by atoms with Crippen molar-refractivity contribution in [2.75, 3.05) is 13.1 Å². The molecule has 0 spiro atoms. The molecule has 3 aliphatic rings. The molecule has 2 unspecified atom stereocenters. The number of aliphatic hydroxyl groups is 1. The van der Waals surface area contributed by atoms with Crippen molar-refractivity contribution >= 4 is 39.3 Å². The fourth-order valence-corrected chi connectivity index (χ4v) is 7.23. The molecular formula is C28H27N5O4S. The lowest BCUT2D eigenvalue weighted by atomic mass is 9.97. The number of pyridine rings is 2. The molecular weight excluding hydrogens is 502 g/mol. The van der Waals surface area contributed by atoms with E-state index < -0.39 is 6.10 Å². The Kier molecular flexibility index (Phi) is 5.63. The van der Waals surface area contributed by atoms with Crippen LogP contribution >= 0.6 is 11.3 Å². The predicted molar refractivity (Wildman–Crippen MR) is 140 cm³/mol. The van der Waals surface area contributed by atoms with Crippen molar-refractivity contribution in [2.45, 2.75) is 46.3 Å². The Morgan fingerprint density at radius 3 is 2.79 bits per heavy atom. The highest BCUT2D eigenvalue weighted by atomic mass is 32.1. The molecule has 38 heavy (non-hydrogen) atoms.